The minimum atomic E-state index is 0.00464. The van der Waals surface area contributed by atoms with Crippen molar-refractivity contribution in [1.29, 1.82) is 0 Å². The van der Waals surface area contributed by atoms with Crippen molar-refractivity contribution in [3.8, 4) is 5.75 Å². The molecule has 1 amide bonds. The van der Waals surface area contributed by atoms with Crippen LogP contribution in [0.1, 0.15) is 28.3 Å². The number of likely N-dealkylation sites (tertiary alicyclic amines) is 1. The Kier molecular flexibility index (Phi) is 4.79. The highest BCUT2D eigenvalue weighted by atomic mass is 35.5. The van der Waals surface area contributed by atoms with Gasteiger partial charge in [0.05, 0.1) is 22.7 Å². The molecule has 0 saturated carbocycles. The second kappa shape index (κ2) is 6.81. The summed E-state index contributed by atoms with van der Waals surface area (Å²) in [4.78, 5) is 14.6. The molecule has 0 spiro atoms. The van der Waals surface area contributed by atoms with Crippen molar-refractivity contribution < 1.29 is 9.53 Å². The average Bonchev–Trinajstić information content (AvgIpc) is 3.06. The number of ether oxygens (including phenoxy) is 1. The molecule has 0 N–H and O–H groups in total. The molecular weight excluding hydrogens is 333 g/mol. The van der Waals surface area contributed by atoms with E-state index < -0.39 is 0 Å². The minimum absolute atomic E-state index is 0.00464. The normalized spacial score (nSPS) is 17.3. The predicted octanol–water partition coefficient (Wildman–Crippen LogP) is 4.63. The molecule has 1 atom stereocenters. The van der Waals surface area contributed by atoms with Crippen LogP contribution in [0.4, 0.5) is 0 Å². The molecule has 23 heavy (non-hydrogen) atoms. The Morgan fingerprint density at radius 2 is 1.96 bits per heavy atom. The molecule has 3 nitrogen and oxygen atoms in total. The van der Waals surface area contributed by atoms with Crippen LogP contribution in [0.3, 0.4) is 0 Å². The van der Waals surface area contributed by atoms with Crippen molar-refractivity contribution in [2.45, 2.75) is 12.3 Å². The summed E-state index contributed by atoms with van der Waals surface area (Å²) >= 11 is 12.1. The van der Waals surface area contributed by atoms with Gasteiger partial charge in [-0.15, -0.1) is 0 Å². The highest BCUT2D eigenvalue weighted by Crippen LogP contribution is 2.33. The van der Waals surface area contributed by atoms with Crippen LogP contribution in [0.15, 0.2) is 42.5 Å². The number of carbonyl (C=O) groups excluding carboxylic acids is 1. The maximum Gasteiger partial charge on any atom is 0.257 e. The van der Waals surface area contributed by atoms with Gasteiger partial charge in [-0.05, 0) is 36.2 Å². The zero-order valence-electron chi connectivity index (χ0n) is 12.8. The fourth-order valence-corrected chi connectivity index (χ4v) is 3.28. The lowest BCUT2D eigenvalue weighted by Gasteiger charge is -2.18. The summed E-state index contributed by atoms with van der Waals surface area (Å²) in [5.74, 6) is 0.893. The molecule has 5 heteroatoms. The summed E-state index contributed by atoms with van der Waals surface area (Å²) in [5, 5.41) is 1.11. The van der Waals surface area contributed by atoms with Gasteiger partial charge in [0.2, 0.25) is 0 Å². The topological polar surface area (TPSA) is 29.5 Å². The maximum absolute atomic E-state index is 12.7. The Morgan fingerprint density at radius 3 is 2.70 bits per heavy atom. The minimum Gasteiger partial charge on any atom is -0.496 e. The fourth-order valence-electron chi connectivity index (χ4n) is 2.97. The van der Waals surface area contributed by atoms with Crippen molar-refractivity contribution in [2.24, 2.45) is 0 Å². The van der Waals surface area contributed by atoms with E-state index >= 15 is 0 Å². The van der Waals surface area contributed by atoms with E-state index in [0.717, 1.165) is 18.5 Å². The number of rotatable bonds is 3. The molecule has 2 aromatic carbocycles. The number of hydrogen-bond acceptors (Lipinski definition) is 2. The van der Waals surface area contributed by atoms with E-state index in [9.17, 15) is 4.79 Å². The lowest BCUT2D eigenvalue weighted by Crippen LogP contribution is -2.28. The van der Waals surface area contributed by atoms with Gasteiger partial charge in [-0.1, -0.05) is 41.4 Å². The summed E-state index contributed by atoms with van der Waals surface area (Å²) in [5.41, 5.74) is 1.72. The van der Waals surface area contributed by atoms with Gasteiger partial charge in [0.15, 0.2) is 0 Å². The molecule has 1 heterocycles. The Hall–Kier alpha value is -1.71. The third-order valence-corrected chi connectivity index (χ3v) is 4.97. The van der Waals surface area contributed by atoms with Crippen LogP contribution in [0, 0.1) is 0 Å². The number of amides is 1. The number of halogens is 2. The first-order valence-corrected chi connectivity index (χ1v) is 8.23. The van der Waals surface area contributed by atoms with Crippen molar-refractivity contribution in [2.75, 3.05) is 20.2 Å². The van der Waals surface area contributed by atoms with Crippen LogP contribution in [0.2, 0.25) is 10.0 Å². The van der Waals surface area contributed by atoms with Gasteiger partial charge in [0.25, 0.3) is 5.91 Å². The van der Waals surface area contributed by atoms with E-state index in [1.807, 2.05) is 35.2 Å². The van der Waals surface area contributed by atoms with Gasteiger partial charge >= 0.3 is 0 Å². The van der Waals surface area contributed by atoms with E-state index in [1.165, 1.54) is 0 Å². The van der Waals surface area contributed by atoms with Crippen LogP contribution in [-0.4, -0.2) is 31.0 Å². The Balaban J connectivity index is 1.76. The summed E-state index contributed by atoms with van der Waals surface area (Å²) in [6, 6.07) is 13.0. The summed E-state index contributed by atoms with van der Waals surface area (Å²) < 4.78 is 5.29. The number of para-hydroxylation sites is 1. The summed E-state index contributed by atoms with van der Waals surface area (Å²) in [6.07, 6.45) is 0.916. The van der Waals surface area contributed by atoms with Crippen LogP contribution in [-0.2, 0) is 0 Å². The van der Waals surface area contributed by atoms with Gasteiger partial charge in [0.1, 0.15) is 5.75 Å². The number of hydrogen-bond donors (Lipinski definition) is 0. The largest absolute Gasteiger partial charge is 0.496 e. The molecule has 0 aliphatic carbocycles. The first kappa shape index (κ1) is 16.2. The molecule has 120 valence electrons. The summed E-state index contributed by atoms with van der Waals surface area (Å²) in [6.45, 7) is 1.40. The molecule has 0 bridgehead atoms. The van der Waals surface area contributed by atoms with Crippen molar-refractivity contribution in [3.05, 3.63) is 63.6 Å². The molecule has 0 radical (unpaired) electrons. The fraction of sp³-hybridized carbons (Fsp3) is 0.278. The lowest BCUT2D eigenvalue weighted by atomic mass is 9.99. The van der Waals surface area contributed by atoms with Crippen LogP contribution in [0.25, 0.3) is 0 Å². The molecule has 2 aromatic rings. The SMILES string of the molecule is COc1ccccc1C(=O)N1CCC(c2ccc(Cl)c(Cl)c2)C1. The van der Waals surface area contributed by atoms with Gasteiger partial charge < -0.3 is 9.64 Å². The molecular formula is C18H17Cl2NO2. The average molecular weight is 350 g/mol. The number of methoxy groups -OCH3 is 1. The number of carbonyl (C=O) groups is 1. The Labute approximate surface area is 145 Å². The predicted molar refractivity (Wildman–Crippen MR) is 92.7 cm³/mol. The number of benzene rings is 2. The zero-order valence-corrected chi connectivity index (χ0v) is 14.3. The molecule has 0 aromatic heterocycles. The monoisotopic (exact) mass is 349 g/mol. The van der Waals surface area contributed by atoms with Gasteiger partial charge in [-0.3, -0.25) is 4.79 Å². The zero-order chi connectivity index (χ0) is 16.4. The molecule has 1 fully saturated rings. The summed E-state index contributed by atoms with van der Waals surface area (Å²) in [7, 11) is 1.58. The first-order valence-electron chi connectivity index (χ1n) is 7.47. The Morgan fingerprint density at radius 1 is 1.17 bits per heavy atom. The second-order valence-corrected chi connectivity index (χ2v) is 6.42. The standard InChI is InChI=1S/C18H17Cl2NO2/c1-23-17-5-3-2-4-14(17)18(22)21-9-8-13(11-21)12-6-7-15(19)16(20)10-12/h2-7,10,13H,8-9,11H2,1H3. The molecule has 1 unspecified atom stereocenters. The Bertz CT molecular complexity index is 733. The molecule has 1 aliphatic rings. The van der Waals surface area contributed by atoms with Gasteiger partial charge in [0, 0.05) is 19.0 Å². The molecule has 1 saturated heterocycles. The number of nitrogens with zero attached hydrogens (tertiary/aromatic N) is 1. The van der Waals surface area contributed by atoms with Crippen LogP contribution < -0.4 is 4.74 Å². The van der Waals surface area contributed by atoms with E-state index in [1.54, 1.807) is 19.2 Å². The van der Waals surface area contributed by atoms with Gasteiger partial charge in [-0.2, -0.15) is 0 Å². The van der Waals surface area contributed by atoms with Crippen molar-refractivity contribution in [3.63, 3.8) is 0 Å². The van der Waals surface area contributed by atoms with E-state index in [2.05, 4.69) is 0 Å². The van der Waals surface area contributed by atoms with E-state index in [4.69, 9.17) is 27.9 Å². The van der Waals surface area contributed by atoms with Crippen LogP contribution in [0.5, 0.6) is 5.75 Å². The highest BCUT2D eigenvalue weighted by Gasteiger charge is 2.29. The quantitative estimate of drug-likeness (QED) is 0.808. The van der Waals surface area contributed by atoms with Gasteiger partial charge in [-0.25, -0.2) is 0 Å². The maximum atomic E-state index is 12.7. The smallest absolute Gasteiger partial charge is 0.257 e. The second-order valence-electron chi connectivity index (χ2n) is 5.61. The van der Waals surface area contributed by atoms with E-state index in [-0.39, 0.29) is 11.8 Å². The van der Waals surface area contributed by atoms with E-state index in [0.29, 0.717) is 27.9 Å². The van der Waals surface area contributed by atoms with Crippen molar-refractivity contribution >= 4 is 29.1 Å². The van der Waals surface area contributed by atoms with Crippen LogP contribution >= 0.6 is 23.2 Å². The first-order chi connectivity index (χ1) is 11.1. The molecule has 3 rings (SSSR count). The van der Waals surface area contributed by atoms with Crippen molar-refractivity contribution in [1.82, 2.24) is 4.90 Å². The molecule has 1 aliphatic heterocycles. The third kappa shape index (κ3) is 3.31. The lowest BCUT2D eigenvalue weighted by molar-refractivity contribution is 0.0787. The third-order valence-electron chi connectivity index (χ3n) is 4.23. The highest BCUT2D eigenvalue weighted by molar-refractivity contribution is 6.42.